The van der Waals surface area contributed by atoms with E-state index >= 15 is 0 Å². The van der Waals surface area contributed by atoms with Gasteiger partial charge >= 0.3 is 6.09 Å². The highest BCUT2D eigenvalue weighted by atomic mass is 16.7. The van der Waals surface area contributed by atoms with Gasteiger partial charge < -0.3 is 9.47 Å². The zero-order valence-electron chi connectivity index (χ0n) is 15.8. The number of hydroxylamine groups is 2. The minimum Gasteiger partial charge on any atom is -0.444 e. The SMILES string of the molecule is CON(C)C(=O)/C=C/CCC1COC(C)(C)N1C(=O)OC(C)(C)C. The molecule has 138 valence electrons. The lowest BCUT2D eigenvalue weighted by Crippen LogP contribution is -2.49. The highest BCUT2D eigenvalue weighted by Gasteiger charge is 2.45. The van der Waals surface area contributed by atoms with Crippen molar-refractivity contribution in [3.8, 4) is 0 Å². The Bertz CT molecular complexity index is 482. The van der Waals surface area contributed by atoms with E-state index in [1.54, 1.807) is 18.0 Å². The number of carbonyl (C=O) groups is 2. The second-order valence-corrected chi connectivity index (χ2v) is 7.26. The standard InChI is InChI=1S/C17H30N2O5/c1-16(2,3)24-15(21)19-13(12-23-17(19,4)5)10-8-9-11-14(20)18(6)22-7/h9,11,13H,8,10,12H2,1-7H3/b11-9+. The highest BCUT2D eigenvalue weighted by molar-refractivity contribution is 5.86. The second-order valence-electron chi connectivity index (χ2n) is 7.26. The number of likely N-dealkylation sites (N-methyl/N-ethyl adjacent to an activating group) is 1. The van der Waals surface area contributed by atoms with Crippen molar-refractivity contribution in [2.75, 3.05) is 20.8 Å². The number of hydrogen-bond acceptors (Lipinski definition) is 5. The number of nitrogens with zero attached hydrogens (tertiary/aromatic N) is 2. The van der Waals surface area contributed by atoms with Gasteiger partial charge in [-0.3, -0.25) is 14.5 Å². The highest BCUT2D eigenvalue weighted by Crippen LogP contribution is 2.31. The van der Waals surface area contributed by atoms with Crippen LogP contribution in [0.3, 0.4) is 0 Å². The van der Waals surface area contributed by atoms with E-state index in [2.05, 4.69) is 0 Å². The van der Waals surface area contributed by atoms with Crippen LogP contribution >= 0.6 is 0 Å². The van der Waals surface area contributed by atoms with E-state index in [4.69, 9.17) is 14.3 Å². The number of carbonyl (C=O) groups excluding carboxylic acids is 2. The van der Waals surface area contributed by atoms with E-state index < -0.39 is 11.3 Å². The van der Waals surface area contributed by atoms with Crippen molar-refractivity contribution in [1.29, 1.82) is 0 Å². The minimum atomic E-state index is -0.706. The van der Waals surface area contributed by atoms with Crippen LogP contribution in [0.1, 0.15) is 47.5 Å². The summed E-state index contributed by atoms with van der Waals surface area (Å²) in [6, 6.07) is -0.0882. The Morgan fingerprint density at radius 3 is 2.54 bits per heavy atom. The van der Waals surface area contributed by atoms with E-state index in [0.29, 0.717) is 19.4 Å². The van der Waals surface area contributed by atoms with Gasteiger partial charge in [0, 0.05) is 13.1 Å². The van der Waals surface area contributed by atoms with Gasteiger partial charge in [-0.05, 0) is 47.5 Å². The molecule has 7 nitrogen and oxygen atoms in total. The Balaban J connectivity index is 2.65. The molecule has 1 unspecified atom stereocenters. The van der Waals surface area contributed by atoms with Crippen LogP contribution in [0.4, 0.5) is 4.79 Å². The lowest BCUT2D eigenvalue weighted by Gasteiger charge is -2.35. The van der Waals surface area contributed by atoms with E-state index in [-0.39, 0.29) is 18.0 Å². The van der Waals surface area contributed by atoms with Crippen molar-refractivity contribution >= 4 is 12.0 Å². The maximum atomic E-state index is 12.5. The largest absolute Gasteiger partial charge is 0.444 e. The van der Waals surface area contributed by atoms with Crippen LogP contribution in [0, 0.1) is 0 Å². The maximum absolute atomic E-state index is 12.5. The Hall–Kier alpha value is -1.60. The van der Waals surface area contributed by atoms with Gasteiger partial charge in [-0.15, -0.1) is 0 Å². The monoisotopic (exact) mass is 342 g/mol. The molecule has 24 heavy (non-hydrogen) atoms. The van der Waals surface area contributed by atoms with Gasteiger partial charge in [0.1, 0.15) is 11.3 Å². The summed E-state index contributed by atoms with van der Waals surface area (Å²) in [7, 11) is 2.98. The Morgan fingerprint density at radius 1 is 1.38 bits per heavy atom. The zero-order chi connectivity index (χ0) is 18.5. The molecule has 1 fully saturated rings. The first-order valence-corrected chi connectivity index (χ1v) is 8.12. The van der Waals surface area contributed by atoms with Gasteiger partial charge in [0.05, 0.1) is 19.8 Å². The number of allylic oxidation sites excluding steroid dienone is 1. The molecular weight excluding hydrogens is 312 g/mol. The summed E-state index contributed by atoms with van der Waals surface area (Å²) in [6.07, 6.45) is 4.18. The van der Waals surface area contributed by atoms with Crippen molar-refractivity contribution in [2.45, 2.75) is 64.8 Å². The fourth-order valence-electron chi connectivity index (χ4n) is 2.44. The first-order valence-electron chi connectivity index (χ1n) is 8.12. The molecule has 0 aromatic carbocycles. The molecule has 0 N–H and O–H groups in total. The molecular formula is C17H30N2O5. The van der Waals surface area contributed by atoms with Gasteiger partial charge in [-0.25, -0.2) is 9.86 Å². The molecule has 0 spiro atoms. The summed E-state index contributed by atoms with van der Waals surface area (Å²) >= 11 is 0. The Labute approximate surface area is 144 Å². The van der Waals surface area contributed by atoms with E-state index in [0.717, 1.165) is 5.06 Å². The molecule has 0 saturated carbocycles. The van der Waals surface area contributed by atoms with Gasteiger partial charge in [0.15, 0.2) is 0 Å². The first-order chi connectivity index (χ1) is 11.0. The molecule has 1 aliphatic heterocycles. The third kappa shape index (κ3) is 5.79. The smallest absolute Gasteiger partial charge is 0.412 e. The average Bonchev–Trinajstić information content (AvgIpc) is 2.75. The minimum absolute atomic E-state index is 0.0882. The number of amides is 2. The van der Waals surface area contributed by atoms with Crippen LogP contribution in [0.25, 0.3) is 0 Å². The molecule has 1 aliphatic rings. The summed E-state index contributed by atoms with van der Waals surface area (Å²) < 4.78 is 11.2. The van der Waals surface area contributed by atoms with E-state index in [1.807, 2.05) is 34.6 Å². The summed E-state index contributed by atoms with van der Waals surface area (Å²) in [5, 5.41) is 1.14. The molecule has 0 bridgehead atoms. The summed E-state index contributed by atoms with van der Waals surface area (Å²) in [5.41, 5.74) is -1.26. The molecule has 0 aromatic rings. The molecule has 2 amide bonds. The summed E-state index contributed by atoms with van der Waals surface area (Å²) in [6.45, 7) is 9.67. The topological polar surface area (TPSA) is 68.3 Å². The van der Waals surface area contributed by atoms with Crippen LogP contribution in [0.5, 0.6) is 0 Å². The molecule has 1 saturated heterocycles. The maximum Gasteiger partial charge on any atom is 0.412 e. The molecule has 0 radical (unpaired) electrons. The molecule has 1 heterocycles. The zero-order valence-corrected chi connectivity index (χ0v) is 15.8. The van der Waals surface area contributed by atoms with Gasteiger partial charge in [0.2, 0.25) is 0 Å². The van der Waals surface area contributed by atoms with Gasteiger partial charge in [0.25, 0.3) is 5.91 Å². The molecule has 1 rings (SSSR count). The third-order valence-electron chi connectivity index (χ3n) is 3.68. The third-order valence-corrected chi connectivity index (χ3v) is 3.68. The van der Waals surface area contributed by atoms with Crippen LogP contribution in [0.2, 0.25) is 0 Å². The van der Waals surface area contributed by atoms with Crippen LogP contribution in [-0.4, -0.2) is 60.1 Å². The van der Waals surface area contributed by atoms with E-state index in [9.17, 15) is 9.59 Å². The fourth-order valence-corrected chi connectivity index (χ4v) is 2.44. The predicted molar refractivity (Wildman–Crippen MR) is 90.0 cm³/mol. The van der Waals surface area contributed by atoms with Crippen LogP contribution < -0.4 is 0 Å². The Morgan fingerprint density at radius 2 is 2.00 bits per heavy atom. The molecule has 7 heteroatoms. The molecule has 0 aromatic heterocycles. The van der Waals surface area contributed by atoms with Crippen LogP contribution in [0.15, 0.2) is 12.2 Å². The van der Waals surface area contributed by atoms with Crippen LogP contribution in [-0.2, 0) is 19.1 Å². The Kier molecular flexibility index (Phi) is 6.80. The number of hydrogen-bond donors (Lipinski definition) is 0. The van der Waals surface area contributed by atoms with Crippen molar-refractivity contribution < 1.29 is 23.9 Å². The first kappa shape index (κ1) is 20.4. The van der Waals surface area contributed by atoms with E-state index in [1.165, 1.54) is 13.2 Å². The van der Waals surface area contributed by atoms with Crippen molar-refractivity contribution in [3.05, 3.63) is 12.2 Å². The average molecular weight is 342 g/mol. The lowest BCUT2D eigenvalue weighted by molar-refractivity contribution is -0.162. The lowest BCUT2D eigenvalue weighted by atomic mass is 10.1. The normalized spacial score (nSPS) is 20.5. The van der Waals surface area contributed by atoms with Gasteiger partial charge in [-0.2, -0.15) is 0 Å². The van der Waals surface area contributed by atoms with Crippen molar-refractivity contribution in [3.63, 3.8) is 0 Å². The molecule has 1 atom stereocenters. The van der Waals surface area contributed by atoms with Crippen molar-refractivity contribution in [1.82, 2.24) is 9.96 Å². The number of rotatable bonds is 5. The fraction of sp³-hybridized carbons (Fsp3) is 0.765. The van der Waals surface area contributed by atoms with Gasteiger partial charge in [-0.1, -0.05) is 6.08 Å². The quantitative estimate of drug-likeness (QED) is 0.568. The molecule has 0 aliphatic carbocycles. The number of ether oxygens (including phenoxy) is 2. The van der Waals surface area contributed by atoms with Crippen molar-refractivity contribution in [2.24, 2.45) is 0 Å². The summed E-state index contributed by atoms with van der Waals surface area (Å²) in [5.74, 6) is -0.232. The summed E-state index contributed by atoms with van der Waals surface area (Å²) in [4.78, 5) is 30.5. The second kappa shape index (κ2) is 7.98. The predicted octanol–water partition coefficient (Wildman–Crippen LogP) is 2.71.